The number of amides is 7. The van der Waals surface area contributed by atoms with E-state index in [0.717, 1.165) is 17.1 Å². The first-order valence-electron chi connectivity index (χ1n) is 16.2. The quantitative estimate of drug-likeness (QED) is 0.0367. The third kappa shape index (κ3) is 16.2. The Balaban J connectivity index is 2.10. The number of anilines is 1. The van der Waals surface area contributed by atoms with E-state index in [4.69, 9.17) is 19.8 Å². The Morgan fingerprint density at radius 1 is 0.980 bits per heavy atom. The highest BCUT2D eigenvalue weighted by Crippen LogP contribution is 2.20. The average molecular weight is 737 g/mol. The number of hydrogen-bond acceptors (Lipinski definition) is 11. The van der Waals surface area contributed by atoms with Gasteiger partial charge < -0.3 is 36.5 Å². The van der Waals surface area contributed by atoms with Crippen molar-refractivity contribution in [1.29, 1.82) is 0 Å². The molecule has 7 amide bonds. The van der Waals surface area contributed by atoms with Gasteiger partial charge in [-0.1, -0.05) is 19.9 Å². The summed E-state index contributed by atoms with van der Waals surface area (Å²) in [5.74, 6) is -4.13. The van der Waals surface area contributed by atoms with Gasteiger partial charge in [-0.2, -0.15) is 8.42 Å². The molecule has 2 rings (SSSR count). The summed E-state index contributed by atoms with van der Waals surface area (Å²) in [6.45, 7) is 3.40. The summed E-state index contributed by atoms with van der Waals surface area (Å²) >= 11 is 0. The normalized spacial score (nSPS) is 13.8. The van der Waals surface area contributed by atoms with Gasteiger partial charge in [0.25, 0.3) is 21.9 Å². The van der Waals surface area contributed by atoms with E-state index in [0.29, 0.717) is 11.1 Å². The number of nitrogens with zero attached hydrogens (tertiary/aromatic N) is 1. The minimum Gasteiger partial charge on any atom is -0.469 e. The second-order valence-electron chi connectivity index (χ2n) is 12.0. The predicted molar refractivity (Wildman–Crippen MR) is 185 cm³/mol. The Morgan fingerprint density at radius 3 is 2.27 bits per heavy atom. The van der Waals surface area contributed by atoms with Gasteiger partial charge in [-0.05, 0) is 54.9 Å². The molecule has 51 heavy (non-hydrogen) atoms. The molecule has 0 fully saturated rings. The van der Waals surface area contributed by atoms with Crippen LogP contribution in [-0.4, -0.2) is 111 Å². The first-order valence-corrected chi connectivity index (χ1v) is 17.8. The number of urea groups is 1. The molecule has 1 aromatic carbocycles. The maximum absolute atomic E-state index is 13.5. The SMILES string of the molecule is BC(=O)OCc1ccc(NC(=O)[C@H](CCCNC(N)=O)NC(=O)C(NC(=O)CCOCCN2C(=O)C=CC2=O)C(C)C)cc1CCCS(=O)(=O)O. The number of hydrogen-bond donors (Lipinski definition) is 6. The summed E-state index contributed by atoms with van der Waals surface area (Å²) in [6.07, 6.45) is 2.69. The molecule has 1 heterocycles. The molecule has 18 nitrogen and oxygen atoms in total. The molecule has 1 aliphatic heterocycles. The van der Waals surface area contributed by atoms with Crippen molar-refractivity contribution in [1.82, 2.24) is 20.9 Å². The van der Waals surface area contributed by atoms with Crippen molar-refractivity contribution in [3.63, 3.8) is 0 Å². The fraction of sp³-hybridized carbons (Fsp3) is 0.516. The Labute approximate surface area is 296 Å². The number of nitrogens with one attached hydrogen (secondary N) is 4. The number of aryl methyl sites for hydroxylation is 1. The van der Waals surface area contributed by atoms with Crippen LogP contribution in [0.1, 0.15) is 50.7 Å². The number of primary amides is 1. The van der Waals surface area contributed by atoms with Gasteiger partial charge in [-0.15, -0.1) is 0 Å². The first-order chi connectivity index (χ1) is 24.0. The van der Waals surface area contributed by atoms with Gasteiger partial charge in [0.1, 0.15) is 18.7 Å². The summed E-state index contributed by atoms with van der Waals surface area (Å²) in [6, 6.07) is 1.73. The molecule has 1 aromatic rings. The lowest BCUT2D eigenvalue weighted by Crippen LogP contribution is -2.54. The largest absolute Gasteiger partial charge is 0.469 e. The maximum atomic E-state index is 13.5. The molecule has 0 bridgehead atoms. The van der Waals surface area contributed by atoms with Crippen molar-refractivity contribution in [3.05, 3.63) is 41.5 Å². The van der Waals surface area contributed by atoms with Crippen molar-refractivity contribution in [2.24, 2.45) is 11.7 Å². The van der Waals surface area contributed by atoms with Crippen LogP contribution in [0, 0.1) is 5.92 Å². The summed E-state index contributed by atoms with van der Waals surface area (Å²) in [7, 11) is -2.99. The summed E-state index contributed by atoms with van der Waals surface area (Å²) in [5.41, 5.74) is 6.51. The van der Waals surface area contributed by atoms with Gasteiger partial charge in [0, 0.05) is 30.8 Å². The van der Waals surface area contributed by atoms with Crippen LogP contribution in [0.5, 0.6) is 0 Å². The van der Waals surface area contributed by atoms with Gasteiger partial charge in [-0.3, -0.25) is 38.2 Å². The highest BCUT2D eigenvalue weighted by molar-refractivity contribution is 7.85. The zero-order chi connectivity index (χ0) is 38.1. The van der Waals surface area contributed by atoms with Crippen molar-refractivity contribution in [2.45, 2.75) is 64.6 Å². The Morgan fingerprint density at radius 2 is 1.67 bits per heavy atom. The van der Waals surface area contributed by atoms with Gasteiger partial charge in [0.2, 0.25) is 31.4 Å². The molecule has 0 radical (unpaired) electrons. The standard InChI is InChI=1S/C31H45BN6O12S/c1-19(2)27(37-24(39)11-14-49-15-13-38-25(40)9-10-26(38)41)29(43)36-23(6-3-12-34-31(33)45)28(42)35-22-8-7-21(18-50-30(32)44)20(17-22)5-4-16-51(46,47)48/h7-10,17,19,23,27H,3-6,11-16,18,32H2,1-2H3,(H,35,42)(H,36,43)(H,37,39)(H3,33,34,45)(H,46,47,48)/t23-,27?/m0/s1. The molecule has 0 saturated heterocycles. The molecule has 1 aliphatic rings. The first kappa shape index (κ1) is 42.4. The number of nitrogens with two attached hydrogens (primary N) is 1. The fourth-order valence-corrected chi connectivity index (χ4v) is 5.34. The summed E-state index contributed by atoms with van der Waals surface area (Å²) in [5, 5.41) is 10.4. The van der Waals surface area contributed by atoms with Crippen LogP contribution in [-0.2, 0) is 56.6 Å². The van der Waals surface area contributed by atoms with Crippen LogP contribution in [0.3, 0.4) is 0 Å². The molecular weight excluding hydrogens is 691 g/mol. The zero-order valence-corrected chi connectivity index (χ0v) is 29.6. The lowest BCUT2D eigenvalue weighted by atomic mass is 10.0. The van der Waals surface area contributed by atoms with E-state index in [1.54, 1.807) is 26.0 Å². The van der Waals surface area contributed by atoms with E-state index in [1.165, 1.54) is 13.9 Å². The van der Waals surface area contributed by atoms with E-state index < -0.39 is 75.3 Å². The summed E-state index contributed by atoms with van der Waals surface area (Å²) < 4.78 is 42.0. The molecule has 7 N–H and O–H groups in total. The molecule has 280 valence electrons. The highest BCUT2D eigenvalue weighted by Gasteiger charge is 2.29. The molecule has 1 unspecified atom stereocenters. The lowest BCUT2D eigenvalue weighted by Gasteiger charge is -2.25. The number of ether oxygens (including phenoxy) is 2. The topological polar surface area (TPSA) is 270 Å². The zero-order valence-electron chi connectivity index (χ0n) is 28.8. The number of carbonyl (C=O) groups is 7. The van der Waals surface area contributed by atoms with Crippen LogP contribution in [0.25, 0.3) is 0 Å². The van der Waals surface area contributed by atoms with Crippen molar-refractivity contribution >= 4 is 65.1 Å². The van der Waals surface area contributed by atoms with Gasteiger partial charge in [-0.25, -0.2) is 4.79 Å². The highest BCUT2D eigenvalue weighted by atomic mass is 32.2. The maximum Gasteiger partial charge on any atom is 0.312 e. The minimum absolute atomic E-state index is 0.0168. The van der Waals surface area contributed by atoms with E-state index in [2.05, 4.69) is 21.3 Å². The number of rotatable bonds is 22. The smallest absolute Gasteiger partial charge is 0.312 e. The Kier molecular flexibility index (Phi) is 17.2. The van der Waals surface area contributed by atoms with Gasteiger partial charge >= 0.3 is 6.03 Å². The molecule has 0 aromatic heterocycles. The molecule has 0 aliphatic carbocycles. The summed E-state index contributed by atoms with van der Waals surface area (Å²) in [4.78, 5) is 86.4. The second-order valence-corrected chi connectivity index (χ2v) is 13.5. The van der Waals surface area contributed by atoms with Crippen molar-refractivity contribution < 1.29 is 56.0 Å². The van der Waals surface area contributed by atoms with E-state index in [-0.39, 0.29) is 70.7 Å². The Bertz CT molecular complexity index is 1570. The van der Waals surface area contributed by atoms with Crippen LogP contribution in [0.4, 0.5) is 15.3 Å². The molecule has 2 atom stereocenters. The Hall–Kier alpha value is -4.82. The monoisotopic (exact) mass is 736 g/mol. The van der Waals surface area contributed by atoms with E-state index >= 15 is 0 Å². The minimum atomic E-state index is -4.22. The molecule has 0 saturated carbocycles. The van der Waals surface area contributed by atoms with Crippen LogP contribution >= 0.6 is 0 Å². The third-order valence-electron chi connectivity index (χ3n) is 7.45. The third-order valence-corrected chi connectivity index (χ3v) is 8.26. The fourth-order valence-electron chi connectivity index (χ4n) is 4.83. The van der Waals surface area contributed by atoms with E-state index in [1.807, 2.05) is 0 Å². The molecule has 0 spiro atoms. The predicted octanol–water partition coefficient (Wildman–Crippen LogP) is -0.879. The van der Waals surface area contributed by atoms with Gasteiger partial charge in [0.15, 0.2) is 0 Å². The molecule has 20 heteroatoms. The van der Waals surface area contributed by atoms with Crippen molar-refractivity contribution in [3.8, 4) is 0 Å². The number of carbonyl (C=O) groups excluding carboxylic acids is 7. The second kappa shape index (κ2) is 20.8. The van der Waals surface area contributed by atoms with Crippen LogP contribution in [0.15, 0.2) is 30.4 Å². The number of benzene rings is 1. The van der Waals surface area contributed by atoms with Gasteiger partial charge in [0.05, 0.1) is 25.5 Å². The average Bonchev–Trinajstić information content (AvgIpc) is 3.35. The molecular formula is C31H45BN6O12S. The van der Waals surface area contributed by atoms with Crippen LogP contribution < -0.4 is 27.0 Å². The van der Waals surface area contributed by atoms with Crippen molar-refractivity contribution in [2.75, 3.05) is 37.4 Å². The lowest BCUT2D eigenvalue weighted by molar-refractivity contribution is -0.138. The van der Waals surface area contributed by atoms with E-state index in [9.17, 15) is 42.0 Å². The number of imide groups is 1. The van der Waals surface area contributed by atoms with Crippen LogP contribution in [0.2, 0.25) is 0 Å².